The molecule has 3 atom stereocenters. The smallest absolute Gasteiger partial charge is 0.306 e. The van der Waals surface area contributed by atoms with Crippen LogP contribution in [-0.4, -0.2) is 11.1 Å². The van der Waals surface area contributed by atoms with Crippen molar-refractivity contribution in [2.75, 3.05) is 0 Å². The fourth-order valence-corrected chi connectivity index (χ4v) is 4.03. The Morgan fingerprint density at radius 1 is 0.720 bits per heavy atom. The van der Waals surface area contributed by atoms with Crippen LogP contribution in [0.5, 0.6) is 0 Å². The van der Waals surface area contributed by atoms with Crippen molar-refractivity contribution in [1.82, 2.24) is 0 Å². The van der Waals surface area contributed by atoms with Gasteiger partial charge in [-0.1, -0.05) is 111 Å². The number of hydrogen-bond donors (Lipinski definition) is 1. The molecule has 0 radical (unpaired) electrons. The number of carbonyl (C=O) groups is 1. The zero-order valence-corrected chi connectivity index (χ0v) is 17.7. The van der Waals surface area contributed by atoms with E-state index in [0.717, 1.165) is 12.8 Å². The molecule has 0 bridgehead atoms. The second kappa shape index (κ2) is 16.9. The fraction of sp³-hybridized carbons (Fsp3) is 0.957. The van der Waals surface area contributed by atoms with Crippen LogP contribution in [0.15, 0.2) is 0 Å². The predicted octanol–water partition coefficient (Wildman–Crippen LogP) is 7.85. The van der Waals surface area contributed by atoms with Crippen molar-refractivity contribution < 1.29 is 9.90 Å². The zero-order chi connectivity index (χ0) is 18.9. The maximum Gasteiger partial charge on any atom is 0.306 e. The molecule has 0 spiro atoms. The summed E-state index contributed by atoms with van der Waals surface area (Å²) < 4.78 is 0. The Morgan fingerprint density at radius 3 is 1.88 bits per heavy atom. The summed E-state index contributed by atoms with van der Waals surface area (Å²) in [4.78, 5) is 11.7. The lowest BCUT2D eigenvalue weighted by Gasteiger charge is -2.23. The summed E-state index contributed by atoms with van der Waals surface area (Å²) in [5.74, 6) is 0.457. The molecule has 0 fully saturated rings. The van der Waals surface area contributed by atoms with Crippen LogP contribution in [0.3, 0.4) is 0 Å². The summed E-state index contributed by atoms with van der Waals surface area (Å²) >= 11 is 0. The molecule has 0 aromatic rings. The van der Waals surface area contributed by atoms with Crippen molar-refractivity contribution in [2.24, 2.45) is 17.8 Å². The molecule has 1 N–H and O–H groups in total. The minimum Gasteiger partial charge on any atom is -0.481 e. The highest BCUT2D eigenvalue weighted by atomic mass is 16.4. The standard InChI is InChI=1S/C23H46O2/c1-5-8-10-11-12-13-14-16-20(4)18-22(23(24)25)19-21(15-7-3)17-9-6-2/h20-22H,5-19H2,1-4H3,(H,24,25). The quantitative estimate of drug-likeness (QED) is 0.254. The van der Waals surface area contributed by atoms with Gasteiger partial charge in [0.15, 0.2) is 0 Å². The summed E-state index contributed by atoms with van der Waals surface area (Å²) in [5, 5.41) is 9.66. The Labute approximate surface area is 158 Å². The molecule has 3 unspecified atom stereocenters. The first kappa shape index (κ1) is 24.5. The van der Waals surface area contributed by atoms with Crippen LogP contribution in [0.1, 0.15) is 124 Å². The molecule has 0 aliphatic rings. The highest BCUT2D eigenvalue weighted by Gasteiger charge is 2.24. The summed E-state index contributed by atoms with van der Waals surface area (Å²) in [7, 11) is 0. The molecule has 0 saturated heterocycles. The monoisotopic (exact) mass is 354 g/mol. The predicted molar refractivity (Wildman–Crippen MR) is 110 cm³/mol. The second-order valence-corrected chi connectivity index (χ2v) is 8.32. The molecular formula is C23H46O2. The van der Waals surface area contributed by atoms with Gasteiger partial charge < -0.3 is 5.11 Å². The van der Waals surface area contributed by atoms with Crippen LogP contribution in [0.4, 0.5) is 0 Å². The van der Waals surface area contributed by atoms with Crippen LogP contribution in [0.25, 0.3) is 0 Å². The van der Waals surface area contributed by atoms with Crippen molar-refractivity contribution in [1.29, 1.82) is 0 Å². The van der Waals surface area contributed by atoms with E-state index < -0.39 is 5.97 Å². The Morgan fingerprint density at radius 2 is 1.32 bits per heavy atom. The summed E-state index contributed by atoms with van der Waals surface area (Å²) in [6, 6.07) is 0. The Bertz CT molecular complexity index is 300. The van der Waals surface area contributed by atoms with E-state index in [0.29, 0.717) is 11.8 Å². The number of rotatable bonds is 18. The molecule has 2 heteroatoms. The molecule has 2 nitrogen and oxygen atoms in total. The van der Waals surface area contributed by atoms with Crippen molar-refractivity contribution in [3.8, 4) is 0 Å². The largest absolute Gasteiger partial charge is 0.481 e. The van der Waals surface area contributed by atoms with Gasteiger partial charge >= 0.3 is 5.97 Å². The average Bonchev–Trinajstić information content (AvgIpc) is 2.58. The first-order valence-electron chi connectivity index (χ1n) is 11.3. The van der Waals surface area contributed by atoms with E-state index in [2.05, 4.69) is 27.7 Å². The summed E-state index contributed by atoms with van der Waals surface area (Å²) in [5.41, 5.74) is 0. The summed E-state index contributed by atoms with van der Waals surface area (Å²) in [6.45, 7) is 8.96. The van der Waals surface area contributed by atoms with Gasteiger partial charge in [-0.2, -0.15) is 0 Å². The van der Waals surface area contributed by atoms with Gasteiger partial charge in [0.2, 0.25) is 0 Å². The molecule has 0 amide bonds. The highest BCUT2D eigenvalue weighted by Crippen LogP contribution is 2.29. The van der Waals surface area contributed by atoms with Gasteiger partial charge in [0.1, 0.15) is 0 Å². The minimum atomic E-state index is -0.566. The number of aliphatic carboxylic acids is 1. The van der Waals surface area contributed by atoms with E-state index in [9.17, 15) is 9.90 Å². The van der Waals surface area contributed by atoms with Crippen LogP contribution in [-0.2, 0) is 4.79 Å². The van der Waals surface area contributed by atoms with E-state index in [4.69, 9.17) is 0 Å². The molecular weight excluding hydrogens is 308 g/mol. The average molecular weight is 355 g/mol. The Hall–Kier alpha value is -0.530. The van der Waals surface area contributed by atoms with Crippen molar-refractivity contribution in [2.45, 2.75) is 124 Å². The Kier molecular flexibility index (Phi) is 16.6. The van der Waals surface area contributed by atoms with E-state index >= 15 is 0 Å². The molecule has 25 heavy (non-hydrogen) atoms. The number of unbranched alkanes of at least 4 members (excludes halogenated alkanes) is 7. The minimum absolute atomic E-state index is 0.132. The normalized spacial score (nSPS) is 15.0. The molecule has 150 valence electrons. The molecule has 0 heterocycles. The maximum absolute atomic E-state index is 11.7. The van der Waals surface area contributed by atoms with Crippen LogP contribution >= 0.6 is 0 Å². The molecule has 0 saturated carbocycles. The van der Waals surface area contributed by atoms with Gasteiger partial charge in [-0.3, -0.25) is 4.79 Å². The van der Waals surface area contributed by atoms with E-state index in [1.54, 1.807) is 0 Å². The van der Waals surface area contributed by atoms with Gasteiger partial charge in [0.25, 0.3) is 0 Å². The van der Waals surface area contributed by atoms with Crippen molar-refractivity contribution in [3.63, 3.8) is 0 Å². The van der Waals surface area contributed by atoms with E-state index in [-0.39, 0.29) is 5.92 Å². The van der Waals surface area contributed by atoms with Gasteiger partial charge in [-0.25, -0.2) is 0 Å². The maximum atomic E-state index is 11.7. The molecule has 0 aliphatic heterocycles. The summed E-state index contributed by atoms with van der Waals surface area (Å²) in [6.07, 6.45) is 18.4. The lowest BCUT2D eigenvalue weighted by atomic mass is 9.82. The second-order valence-electron chi connectivity index (χ2n) is 8.32. The first-order chi connectivity index (χ1) is 12.0. The molecule has 0 aliphatic carbocycles. The molecule has 0 rings (SSSR count). The number of hydrogen-bond acceptors (Lipinski definition) is 1. The van der Waals surface area contributed by atoms with Crippen LogP contribution < -0.4 is 0 Å². The zero-order valence-electron chi connectivity index (χ0n) is 17.7. The van der Waals surface area contributed by atoms with Crippen molar-refractivity contribution in [3.05, 3.63) is 0 Å². The van der Waals surface area contributed by atoms with Crippen LogP contribution in [0.2, 0.25) is 0 Å². The Balaban J connectivity index is 4.11. The van der Waals surface area contributed by atoms with Crippen molar-refractivity contribution >= 4 is 5.97 Å². The fourth-order valence-electron chi connectivity index (χ4n) is 4.03. The SMILES string of the molecule is CCCCCCCCCC(C)CC(CC(CCC)CCCC)C(=O)O. The third-order valence-corrected chi connectivity index (χ3v) is 5.62. The van der Waals surface area contributed by atoms with Gasteiger partial charge in [0, 0.05) is 0 Å². The third kappa shape index (κ3) is 14.3. The van der Waals surface area contributed by atoms with Gasteiger partial charge in [-0.15, -0.1) is 0 Å². The third-order valence-electron chi connectivity index (χ3n) is 5.62. The number of carboxylic acid groups (broad SMARTS) is 1. The van der Waals surface area contributed by atoms with Gasteiger partial charge in [0.05, 0.1) is 5.92 Å². The van der Waals surface area contributed by atoms with E-state index in [1.807, 2.05) is 0 Å². The first-order valence-corrected chi connectivity index (χ1v) is 11.3. The highest BCUT2D eigenvalue weighted by molar-refractivity contribution is 5.69. The number of carboxylic acids is 1. The molecule has 0 aromatic heterocycles. The lowest BCUT2D eigenvalue weighted by molar-refractivity contribution is -0.143. The molecule has 0 aromatic carbocycles. The topological polar surface area (TPSA) is 37.3 Å². The van der Waals surface area contributed by atoms with E-state index in [1.165, 1.54) is 83.5 Å². The van der Waals surface area contributed by atoms with Gasteiger partial charge in [-0.05, 0) is 24.7 Å². The lowest BCUT2D eigenvalue weighted by Crippen LogP contribution is -2.20. The van der Waals surface area contributed by atoms with Crippen LogP contribution in [0, 0.1) is 17.8 Å².